The van der Waals surface area contributed by atoms with Gasteiger partial charge in [0.1, 0.15) is 5.75 Å². The van der Waals surface area contributed by atoms with Crippen LogP contribution in [0.5, 0.6) is 5.75 Å². The van der Waals surface area contributed by atoms with Gasteiger partial charge in [-0.1, -0.05) is 42.8 Å². The summed E-state index contributed by atoms with van der Waals surface area (Å²) >= 11 is 0. The minimum Gasteiger partial charge on any atom is -0.478 e. The van der Waals surface area contributed by atoms with E-state index in [2.05, 4.69) is 19.8 Å². The first-order valence-electron chi connectivity index (χ1n) is 12.3. The maximum Gasteiger partial charge on any atom is 0.573 e. The van der Waals surface area contributed by atoms with Gasteiger partial charge in [-0.05, 0) is 82.5 Å². The maximum atomic E-state index is 14.5. The van der Waals surface area contributed by atoms with Gasteiger partial charge in [-0.3, -0.25) is 5.10 Å². The second-order valence-corrected chi connectivity index (χ2v) is 9.32. The van der Waals surface area contributed by atoms with Gasteiger partial charge < -0.3 is 9.84 Å². The Balaban J connectivity index is 1.76. The zero-order valence-electron chi connectivity index (χ0n) is 20.8. The molecule has 4 aromatic rings. The van der Waals surface area contributed by atoms with Crippen molar-refractivity contribution in [2.75, 3.05) is 0 Å². The van der Waals surface area contributed by atoms with Crippen LogP contribution >= 0.6 is 0 Å². The Bertz CT molecular complexity index is 1690. The first-order chi connectivity index (χ1) is 19.1. The standard InChI is InChI=1S/C30H21F4N3O3/c1-35-25-16-21(40-30(32,33)34)11-12-22(25)28(18-3-2-4-18)27(19-8-5-17(6-9-19)7-14-26(38)39)20-10-13-24-23(15-20)29(31)37-36-24/h5-16,18H,2-4H2,(H,36,37)(H,38,39)/b14-7+,28-27+. The predicted molar refractivity (Wildman–Crippen MR) is 142 cm³/mol. The Labute approximate surface area is 226 Å². The van der Waals surface area contributed by atoms with Gasteiger partial charge >= 0.3 is 12.3 Å². The van der Waals surface area contributed by atoms with Crippen LogP contribution in [0.4, 0.5) is 23.2 Å². The van der Waals surface area contributed by atoms with E-state index in [1.807, 2.05) is 0 Å². The number of carboxylic acids is 1. The molecule has 3 aromatic carbocycles. The number of fused-ring (bicyclic) bond motifs is 1. The molecule has 1 saturated carbocycles. The lowest BCUT2D eigenvalue weighted by molar-refractivity contribution is -0.274. The van der Waals surface area contributed by atoms with E-state index in [0.717, 1.165) is 37.0 Å². The van der Waals surface area contributed by atoms with Gasteiger partial charge in [0.2, 0.25) is 5.95 Å². The fourth-order valence-corrected chi connectivity index (χ4v) is 4.82. The summed E-state index contributed by atoms with van der Waals surface area (Å²) < 4.78 is 57.2. The smallest absolute Gasteiger partial charge is 0.478 e. The van der Waals surface area contributed by atoms with Gasteiger partial charge in [-0.25, -0.2) is 9.64 Å². The lowest BCUT2D eigenvalue weighted by atomic mass is 9.72. The summed E-state index contributed by atoms with van der Waals surface area (Å²) in [6, 6.07) is 15.9. The minimum absolute atomic E-state index is 0.00126. The van der Waals surface area contributed by atoms with E-state index in [1.165, 1.54) is 18.2 Å². The molecular formula is C30H21F4N3O3. The van der Waals surface area contributed by atoms with Crippen molar-refractivity contribution >= 4 is 39.8 Å². The summed E-state index contributed by atoms with van der Waals surface area (Å²) in [5, 5.41) is 15.5. The van der Waals surface area contributed by atoms with E-state index in [1.54, 1.807) is 42.5 Å². The summed E-state index contributed by atoms with van der Waals surface area (Å²) in [6.45, 7) is 7.74. The normalized spacial score (nSPS) is 14.6. The number of hydrogen-bond donors (Lipinski definition) is 2. The third kappa shape index (κ3) is 5.59. The second kappa shape index (κ2) is 10.7. The quantitative estimate of drug-likeness (QED) is 0.106. The van der Waals surface area contributed by atoms with Gasteiger partial charge in [0.25, 0.3) is 0 Å². The zero-order chi connectivity index (χ0) is 28.4. The van der Waals surface area contributed by atoms with E-state index < -0.39 is 24.0 Å². The highest BCUT2D eigenvalue weighted by molar-refractivity contribution is 6.03. The molecule has 1 fully saturated rings. The number of ether oxygens (including phenoxy) is 1. The molecule has 40 heavy (non-hydrogen) atoms. The molecule has 0 atom stereocenters. The molecule has 0 bridgehead atoms. The van der Waals surface area contributed by atoms with Gasteiger partial charge in [-0.2, -0.15) is 9.49 Å². The van der Waals surface area contributed by atoms with E-state index in [9.17, 15) is 22.4 Å². The average Bonchev–Trinajstić information content (AvgIpc) is 3.25. The van der Waals surface area contributed by atoms with Crippen LogP contribution in [0.3, 0.4) is 0 Å². The molecule has 0 saturated heterocycles. The third-order valence-corrected chi connectivity index (χ3v) is 6.81. The van der Waals surface area contributed by atoms with E-state index in [-0.39, 0.29) is 17.0 Å². The average molecular weight is 548 g/mol. The van der Waals surface area contributed by atoms with Crippen molar-refractivity contribution < 1.29 is 32.2 Å². The molecule has 1 aliphatic rings. The molecule has 0 unspecified atom stereocenters. The second-order valence-electron chi connectivity index (χ2n) is 9.32. The largest absolute Gasteiger partial charge is 0.573 e. The highest BCUT2D eigenvalue weighted by atomic mass is 19.4. The molecule has 0 aliphatic heterocycles. The van der Waals surface area contributed by atoms with Crippen molar-refractivity contribution in [3.63, 3.8) is 0 Å². The monoisotopic (exact) mass is 547 g/mol. The molecule has 0 amide bonds. The summed E-state index contributed by atoms with van der Waals surface area (Å²) in [5.41, 5.74) is 4.32. The van der Waals surface area contributed by atoms with Crippen LogP contribution < -0.4 is 4.74 Å². The Morgan fingerprint density at radius 2 is 1.80 bits per heavy atom. The summed E-state index contributed by atoms with van der Waals surface area (Å²) in [4.78, 5) is 14.5. The van der Waals surface area contributed by atoms with E-state index in [0.29, 0.717) is 33.3 Å². The van der Waals surface area contributed by atoms with Crippen LogP contribution in [0.2, 0.25) is 0 Å². The first kappa shape index (κ1) is 26.7. The maximum absolute atomic E-state index is 14.5. The van der Waals surface area contributed by atoms with Crippen molar-refractivity contribution in [1.82, 2.24) is 10.2 Å². The fourth-order valence-electron chi connectivity index (χ4n) is 4.82. The lowest BCUT2D eigenvalue weighted by Gasteiger charge is -2.32. The fraction of sp³-hybridized carbons (Fsp3) is 0.167. The lowest BCUT2D eigenvalue weighted by Crippen LogP contribution is -2.17. The highest BCUT2D eigenvalue weighted by Crippen LogP contribution is 2.48. The van der Waals surface area contributed by atoms with E-state index in [4.69, 9.17) is 11.7 Å². The molecule has 6 nitrogen and oxygen atoms in total. The topological polar surface area (TPSA) is 79.6 Å². The molecular weight excluding hydrogens is 526 g/mol. The zero-order valence-corrected chi connectivity index (χ0v) is 20.8. The number of H-pyrrole nitrogens is 1. The van der Waals surface area contributed by atoms with Gasteiger partial charge in [0.05, 0.1) is 17.5 Å². The SMILES string of the molecule is [C-]#[N+]c1cc(OC(F)(F)F)ccc1/C(=C(\c1ccc(/C=C/C(=O)O)cc1)c1ccc2n[nH]c(F)c2c1)C1CCC1. The number of aromatic nitrogens is 2. The highest BCUT2D eigenvalue weighted by Gasteiger charge is 2.32. The Morgan fingerprint density at radius 1 is 1.07 bits per heavy atom. The van der Waals surface area contributed by atoms with Crippen molar-refractivity contribution in [1.29, 1.82) is 0 Å². The van der Waals surface area contributed by atoms with Gasteiger partial charge in [-0.15, -0.1) is 13.2 Å². The Morgan fingerprint density at radius 3 is 2.42 bits per heavy atom. The van der Waals surface area contributed by atoms with Crippen LogP contribution in [0, 0.1) is 18.4 Å². The summed E-state index contributed by atoms with van der Waals surface area (Å²) in [7, 11) is 0. The third-order valence-electron chi connectivity index (χ3n) is 6.81. The van der Waals surface area contributed by atoms with Gasteiger partial charge in [0, 0.05) is 6.08 Å². The minimum atomic E-state index is -4.90. The predicted octanol–water partition coefficient (Wildman–Crippen LogP) is 8.01. The number of halogens is 4. The molecule has 0 radical (unpaired) electrons. The van der Waals surface area contributed by atoms with Crippen molar-refractivity contribution in [3.05, 3.63) is 106 Å². The number of hydrogen-bond acceptors (Lipinski definition) is 3. The van der Waals surface area contributed by atoms with Crippen molar-refractivity contribution in [2.45, 2.75) is 25.6 Å². The molecule has 1 aliphatic carbocycles. The Hall–Kier alpha value is -4.91. The van der Waals surface area contributed by atoms with Crippen molar-refractivity contribution in [3.8, 4) is 5.75 Å². The molecule has 10 heteroatoms. The van der Waals surface area contributed by atoms with Crippen LogP contribution in [0.15, 0.2) is 66.7 Å². The van der Waals surface area contributed by atoms with Crippen LogP contribution in [0.25, 0.3) is 33.0 Å². The summed E-state index contributed by atoms with van der Waals surface area (Å²) in [5.74, 6) is -2.18. The number of carbonyl (C=O) groups is 1. The number of nitrogens with zero attached hydrogens (tertiary/aromatic N) is 2. The number of rotatable bonds is 7. The van der Waals surface area contributed by atoms with Crippen LogP contribution in [0.1, 0.15) is 41.5 Å². The van der Waals surface area contributed by atoms with Gasteiger partial charge in [0.15, 0.2) is 5.69 Å². The molecule has 0 spiro atoms. The van der Waals surface area contributed by atoms with Crippen LogP contribution in [-0.4, -0.2) is 27.6 Å². The molecule has 1 aromatic heterocycles. The molecule has 2 N–H and O–H groups in total. The Kier molecular flexibility index (Phi) is 7.13. The van der Waals surface area contributed by atoms with Crippen molar-refractivity contribution in [2.24, 2.45) is 5.92 Å². The number of aromatic amines is 1. The number of carboxylic acid groups (broad SMARTS) is 1. The first-order valence-corrected chi connectivity index (χ1v) is 12.3. The summed E-state index contributed by atoms with van der Waals surface area (Å²) in [6.07, 6.45) is 0.120. The molecule has 1 heterocycles. The number of benzene rings is 3. The molecule has 5 rings (SSSR count). The number of aliphatic carboxylic acids is 1. The number of allylic oxidation sites excluding steroid dienone is 1. The van der Waals surface area contributed by atoms with E-state index >= 15 is 0 Å². The number of alkyl halides is 3. The number of nitrogens with one attached hydrogen (secondary N) is 1. The van der Waals surface area contributed by atoms with Crippen LogP contribution in [-0.2, 0) is 4.79 Å². The molecule has 202 valence electrons.